The van der Waals surface area contributed by atoms with Gasteiger partial charge in [0.05, 0.1) is 0 Å². The van der Waals surface area contributed by atoms with Crippen LogP contribution in [0.15, 0.2) is 60.7 Å². The summed E-state index contributed by atoms with van der Waals surface area (Å²) >= 11 is 0. The van der Waals surface area contributed by atoms with Crippen LogP contribution in [0.3, 0.4) is 0 Å². The highest BCUT2D eigenvalue weighted by Gasteiger charge is 2.38. The lowest BCUT2D eigenvalue weighted by atomic mass is 9.97. The molecule has 3 rings (SSSR count). The molecule has 0 saturated carbocycles. The fourth-order valence-electron chi connectivity index (χ4n) is 3.05. The molecule has 0 aliphatic heterocycles. The van der Waals surface area contributed by atoms with Crippen molar-refractivity contribution >= 4 is 10.8 Å². The normalized spacial score (nSPS) is 12.2. The van der Waals surface area contributed by atoms with Gasteiger partial charge in [-0.3, -0.25) is 0 Å². The third-order valence-corrected chi connectivity index (χ3v) is 4.43. The minimum absolute atomic E-state index is 0.0904. The molecule has 0 nitrogen and oxygen atoms in total. The number of fused-ring (bicyclic) bond motifs is 1. The Bertz CT molecular complexity index is 982. The molecule has 0 heterocycles. The van der Waals surface area contributed by atoms with E-state index in [-0.39, 0.29) is 10.8 Å². The number of alkyl halides is 3. The molecule has 0 fully saturated rings. The van der Waals surface area contributed by atoms with Gasteiger partial charge in [0.25, 0.3) is 0 Å². The molecular weight excluding hydrogens is 359 g/mol. The number of halogens is 5. The van der Waals surface area contributed by atoms with E-state index in [9.17, 15) is 22.0 Å². The largest absolute Gasteiger partial charge is 0.422 e. The molecule has 0 atom stereocenters. The highest BCUT2D eigenvalue weighted by atomic mass is 19.4. The van der Waals surface area contributed by atoms with Gasteiger partial charge in [0, 0.05) is 5.39 Å². The summed E-state index contributed by atoms with van der Waals surface area (Å²) in [5.41, 5.74) is 0.811. The SMILES string of the molecule is C/C=C/CCc1ccc(-c2ccc3c(F)c(C(F)(F)F)c(F)cc3c2)cc1. The maximum absolute atomic E-state index is 14.2. The maximum atomic E-state index is 14.2. The van der Waals surface area contributed by atoms with Gasteiger partial charge in [-0.25, -0.2) is 8.78 Å². The van der Waals surface area contributed by atoms with Crippen molar-refractivity contribution in [2.24, 2.45) is 0 Å². The van der Waals surface area contributed by atoms with Crippen LogP contribution in [0.4, 0.5) is 22.0 Å². The molecule has 5 heteroatoms. The summed E-state index contributed by atoms with van der Waals surface area (Å²) in [7, 11) is 0. The molecule has 140 valence electrons. The van der Waals surface area contributed by atoms with Crippen LogP contribution in [0.2, 0.25) is 0 Å². The van der Waals surface area contributed by atoms with Gasteiger partial charge in [-0.05, 0) is 54.0 Å². The highest BCUT2D eigenvalue weighted by molar-refractivity contribution is 5.88. The molecule has 0 aliphatic rings. The monoisotopic (exact) mass is 376 g/mol. The predicted molar refractivity (Wildman–Crippen MR) is 97.4 cm³/mol. The molecule has 3 aromatic carbocycles. The van der Waals surface area contributed by atoms with Crippen molar-refractivity contribution in [2.45, 2.75) is 25.9 Å². The van der Waals surface area contributed by atoms with Gasteiger partial charge in [0.1, 0.15) is 17.2 Å². The second kappa shape index (κ2) is 7.51. The molecule has 3 aromatic rings. The molecule has 27 heavy (non-hydrogen) atoms. The average molecular weight is 376 g/mol. The number of hydrogen-bond donors (Lipinski definition) is 0. The summed E-state index contributed by atoms with van der Waals surface area (Å²) in [4.78, 5) is 0. The zero-order valence-electron chi connectivity index (χ0n) is 14.6. The first-order chi connectivity index (χ1) is 12.8. The first-order valence-corrected chi connectivity index (χ1v) is 8.50. The van der Waals surface area contributed by atoms with E-state index in [0.717, 1.165) is 30.0 Å². The minimum atomic E-state index is -5.08. The van der Waals surface area contributed by atoms with E-state index in [0.29, 0.717) is 5.56 Å². The number of rotatable bonds is 4. The van der Waals surface area contributed by atoms with Crippen LogP contribution in [0, 0.1) is 11.6 Å². The first kappa shape index (κ1) is 19.1. The quantitative estimate of drug-likeness (QED) is 0.331. The van der Waals surface area contributed by atoms with Gasteiger partial charge in [-0.15, -0.1) is 0 Å². The third kappa shape index (κ3) is 4.02. The Morgan fingerprint density at radius 3 is 2.19 bits per heavy atom. The van der Waals surface area contributed by atoms with Gasteiger partial charge in [-0.1, -0.05) is 48.6 Å². The van der Waals surface area contributed by atoms with Crippen LogP contribution >= 0.6 is 0 Å². The van der Waals surface area contributed by atoms with E-state index in [1.807, 2.05) is 37.3 Å². The fraction of sp³-hybridized carbons (Fsp3) is 0.182. The van der Waals surface area contributed by atoms with Crippen LogP contribution in [0.5, 0.6) is 0 Å². The molecule has 0 bridgehead atoms. The smallest absolute Gasteiger partial charge is 0.206 e. The van der Waals surface area contributed by atoms with Crippen LogP contribution in [0.1, 0.15) is 24.5 Å². The summed E-state index contributed by atoms with van der Waals surface area (Å²) in [5, 5.41) is -0.164. The summed E-state index contributed by atoms with van der Waals surface area (Å²) in [6, 6.07) is 12.7. The summed E-state index contributed by atoms with van der Waals surface area (Å²) in [6.07, 6.45) is 0.830. The zero-order valence-corrected chi connectivity index (χ0v) is 14.6. The van der Waals surface area contributed by atoms with E-state index in [2.05, 4.69) is 6.08 Å². The fourth-order valence-corrected chi connectivity index (χ4v) is 3.05. The van der Waals surface area contributed by atoms with Crippen molar-refractivity contribution in [3.05, 3.63) is 83.4 Å². The number of allylic oxidation sites excluding steroid dienone is 2. The molecule has 0 aromatic heterocycles. The van der Waals surface area contributed by atoms with E-state index in [1.165, 1.54) is 18.2 Å². The predicted octanol–water partition coefficient (Wildman–Crippen LogP) is 7.31. The van der Waals surface area contributed by atoms with Gasteiger partial charge in [0.15, 0.2) is 0 Å². The summed E-state index contributed by atoms with van der Waals surface area (Å²) in [5.74, 6) is -3.19. The number of aryl methyl sites for hydroxylation is 1. The third-order valence-electron chi connectivity index (χ3n) is 4.43. The maximum Gasteiger partial charge on any atom is 0.422 e. The van der Waals surface area contributed by atoms with Crippen molar-refractivity contribution in [3.8, 4) is 11.1 Å². The molecule has 0 saturated heterocycles. The Kier molecular flexibility index (Phi) is 5.31. The van der Waals surface area contributed by atoms with Crippen LogP contribution < -0.4 is 0 Å². The zero-order chi connectivity index (χ0) is 19.6. The summed E-state index contributed by atoms with van der Waals surface area (Å²) in [6.45, 7) is 1.96. The Labute approximate surface area is 153 Å². The number of hydrogen-bond acceptors (Lipinski definition) is 0. The van der Waals surface area contributed by atoms with Crippen LogP contribution in [-0.2, 0) is 12.6 Å². The molecule has 0 aliphatic carbocycles. The number of benzene rings is 3. The summed E-state index contributed by atoms with van der Waals surface area (Å²) < 4.78 is 66.6. The topological polar surface area (TPSA) is 0 Å². The molecule has 0 amide bonds. The van der Waals surface area contributed by atoms with Gasteiger partial charge in [0.2, 0.25) is 0 Å². The Hall–Kier alpha value is -2.69. The van der Waals surface area contributed by atoms with Gasteiger partial charge in [-0.2, -0.15) is 13.2 Å². The molecule has 0 unspecified atom stereocenters. The van der Waals surface area contributed by atoms with E-state index >= 15 is 0 Å². The van der Waals surface area contributed by atoms with Gasteiger partial charge >= 0.3 is 6.18 Å². The molecule has 0 radical (unpaired) electrons. The molecule has 0 N–H and O–H groups in total. The van der Waals surface area contributed by atoms with E-state index < -0.39 is 23.4 Å². The second-order valence-corrected chi connectivity index (χ2v) is 6.29. The second-order valence-electron chi connectivity index (χ2n) is 6.29. The van der Waals surface area contributed by atoms with E-state index in [4.69, 9.17) is 0 Å². The lowest BCUT2D eigenvalue weighted by molar-refractivity contribution is -0.142. The average Bonchev–Trinajstić information content (AvgIpc) is 2.61. The first-order valence-electron chi connectivity index (χ1n) is 8.50. The lowest BCUT2D eigenvalue weighted by Crippen LogP contribution is -2.11. The van der Waals surface area contributed by atoms with Crippen molar-refractivity contribution in [1.29, 1.82) is 0 Å². The van der Waals surface area contributed by atoms with Crippen molar-refractivity contribution in [2.75, 3.05) is 0 Å². The Balaban J connectivity index is 1.97. The van der Waals surface area contributed by atoms with E-state index in [1.54, 1.807) is 0 Å². The lowest BCUT2D eigenvalue weighted by Gasteiger charge is -2.12. The van der Waals surface area contributed by atoms with Gasteiger partial charge < -0.3 is 0 Å². The van der Waals surface area contributed by atoms with Crippen molar-refractivity contribution in [3.63, 3.8) is 0 Å². The highest BCUT2D eigenvalue weighted by Crippen LogP contribution is 2.37. The Morgan fingerprint density at radius 1 is 0.889 bits per heavy atom. The van der Waals surface area contributed by atoms with Crippen LogP contribution in [-0.4, -0.2) is 0 Å². The Morgan fingerprint density at radius 2 is 1.56 bits per heavy atom. The molecular formula is C22H17F5. The van der Waals surface area contributed by atoms with Crippen LogP contribution in [0.25, 0.3) is 21.9 Å². The minimum Gasteiger partial charge on any atom is -0.206 e. The standard InChI is InChI=1S/C22H17F5/c1-2-3-4-5-14-6-8-15(9-7-14)16-10-11-18-17(12-16)13-19(23)20(21(18)24)22(25,26)27/h2-3,6-13H,4-5H2,1H3/b3-2+. The molecule has 0 spiro atoms. The van der Waals surface area contributed by atoms with Crippen molar-refractivity contribution in [1.82, 2.24) is 0 Å². The van der Waals surface area contributed by atoms with Crippen molar-refractivity contribution < 1.29 is 22.0 Å².